The zero-order valence-electron chi connectivity index (χ0n) is 16.9. The normalized spacial score (nSPS) is 22.8. The monoisotopic (exact) mass is 368 g/mol. The summed E-state index contributed by atoms with van der Waals surface area (Å²) in [5, 5.41) is 0. The maximum atomic E-state index is 4.64. The molecule has 0 fully saturated rings. The van der Waals surface area contributed by atoms with E-state index in [1.54, 1.807) is 30.0 Å². The molecule has 2 aliphatic rings. The van der Waals surface area contributed by atoms with Crippen LogP contribution in [0.5, 0.6) is 0 Å². The fourth-order valence-corrected chi connectivity index (χ4v) is 6.94. The Labute approximate surface area is 158 Å². The van der Waals surface area contributed by atoms with Crippen molar-refractivity contribution in [1.82, 2.24) is 0 Å². The van der Waals surface area contributed by atoms with Crippen LogP contribution in [0.25, 0.3) is 0 Å². The van der Waals surface area contributed by atoms with E-state index in [9.17, 15) is 0 Å². The first-order chi connectivity index (χ1) is 10.4. The molecular formula is C21H33ClTi. The van der Waals surface area contributed by atoms with Gasteiger partial charge in [0.25, 0.3) is 0 Å². The molecule has 0 atom stereocenters. The van der Waals surface area contributed by atoms with Crippen molar-refractivity contribution in [2.75, 3.05) is 6.38 Å². The first kappa shape index (κ1) is 21.0. The van der Waals surface area contributed by atoms with Gasteiger partial charge in [0.2, 0.25) is 0 Å². The van der Waals surface area contributed by atoms with Gasteiger partial charge in [-0.1, -0.05) is 0 Å². The molecule has 2 aliphatic carbocycles. The zero-order chi connectivity index (χ0) is 18.3. The Bertz CT molecular complexity index is 581. The van der Waals surface area contributed by atoms with Crippen molar-refractivity contribution < 1.29 is 19.2 Å². The van der Waals surface area contributed by atoms with Crippen LogP contribution in [0.2, 0.25) is 0 Å². The number of allylic oxidation sites excluding steroid dienone is 8. The molecule has 0 saturated heterocycles. The van der Waals surface area contributed by atoms with Crippen molar-refractivity contribution in [1.29, 1.82) is 0 Å². The molecule has 0 spiro atoms. The van der Waals surface area contributed by atoms with Gasteiger partial charge in [-0.3, -0.25) is 0 Å². The molecule has 128 valence electrons. The molecular weight excluding hydrogens is 336 g/mol. The molecule has 0 bridgehead atoms. The van der Waals surface area contributed by atoms with Gasteiger partial charge in [0.15, 0.2) is 0 Å². The summed E-state index contributed by atoms with van der Waals surface area (Å²) in [6.45, 7) is 23.6. The molecule has 0 saturated carbocycles. The largest absolute Gasteiger partial charge is 0.130 e. The standard InChI is InChI=1S/2C10H15.CH3Cl.Ti/c2*1-7-6-10(4,5)9(3)8(7)2;1-2;/h2*1-5H3;1H3;. The molecule has 0 aromatic carbocycles. The predicted molar refractivity (Wildman–Crippen MR) is 101 cm³/mol. The van der Waals surface area contributed by atoms with E-state index in [2.05, 4.69) is 80.8 Å². The van der Waals surface area contributed by atoms with E-state index in [1.807, 2.05) is 0 Å². The topological polar surface area (TPSA) is 0 Å². The Morgan fingerprint density at radius 1 is 0.565 bits per heavy atom. The van der Waals surface area contributed by atoms with Crippen molar-refractivity contribution >= 4 is 11.6 Å². The number of alkyl halides is 1. The Kier molecular flexibility index (Phi) is 6.45. The minimum Gasteiger partial charge on any atom is -0.130 e. The van der Waals surface area contributed by atoms with Gasteiger partial charge in [0, 0.05) is 6.38 Å². The first-order valence-corrected chi connectivity index (χ1v) is 10.7. The zero-order valence-corrected chi connectivity index (χ0v) is 19.2. The summed E-state index contributed by atoms with van der Waals surface area (Å²) in [5.41, 5.74) is 9.92. The summed E-state index contributed by atoms with van der Waals surface area (Å²) in [7, 11) is 0. The molecule has 0 radical (unpaired) electrons. The van der Waals surface area contributed by atoms with E-state index in [-0.39, 0.29) is 30.0 Å². The van der Waals surface area contributed by atoms with E-state index < -0.39 is 0 Å². The fraction of sp³-hybridized carbons (Fsp3) is 0.619. The van der Waals surface area contributed by atoms with E-state index in [1.165, 1.54) is 17.5 Å². The summed E-state index contributed by atoms with van der Waals surface area (Å²) >= 11 is 4.40. The third kappa shape index (κ3) is 3.24. The second-order valence-electron chi connectivity index (χ2n) is 7.88. The van der Waals surface area contributed by atoms with E-state index in [0.29, 0.717) is 0 Å². The Hall–Kier alpha value is -0.0357. The summed E-state index contributed by atoms with van der Waals surface area (Å²) in [4.78, 5) is 0. The van der Waals surface area contributed by atoms with Crippen molar-refractivity contribution in [2.24, 2.45) is 10.8 Å². The van der Waals surface area contributed by atoms with Crippen molar-refractivity contribution in [3.8, 4) is 0 Å². The maximum absolute atomic E-state index is 4.64. The van der Waals surface area contributed by atoms with Gasteiger partial charge in [0.05, 0.1) is 0 Å². The Morgan fingerprint density at radius 3 is 1.00 bits per heavy atom. The van der Waals surface area contributed by atoms with Gasteiger partial charge >= 0.3 is 140 Å². The minimum atomic E-state index is -0.239. The number of hydrogen-bond donors (Lipinski definition) is 0. The number of rotatable bonds is 2. The van der Waals surface area contributed by atoms with Crippen molar-refractivity contribution in [2.45, 2.75) is 69.2 Å². The van der Waals surface area contributed by atoms with E-state index in [0.717, 1.165) is 0 Å². The molecule has 0 nitrogen and oxygen atoms in total. The van der Waals surface area contributed by atoms with Gasteiger partial charge in [-0.25, -0.2) is 0 Å². The fourth-order valence-electron chi connectivity index (χ4n) is 3.81. The summed E-state index contributed by atoms with van der Waals surface area (Å²) in [5.74, 6) is 0. The van der Waals surface area contributed by atoms with Crippen LogP contribution in [0, 0.1) is 10.8 Å². The first-order valence-electron chi connectivity index (χ1n) is 8.38. The average molecular weight is 369 g/mol. The maximum Gasteiger partial charge on any atom is 0.0108 e. The van der Waals surface area contributed by atoms with Gasteiger partial charge in [-0.15, -0.1) is 11.6 Å². The van der Waals surface area contributed by atoms with Crippen molar-refractivity contribution in [3.05, 3.63) is 41.2 Å². The smallest absolute Gasteiger partial charge is 0.0108 e. The molecule has 0 aromatic rings. The third-order valence-electron chi connectivity index (χ3n) is 6.38. The summed E-state index contributed by atoms with van der Waals surface area (Å²) < 4.78 is 3.50. The van der Waals surface area contributed by atoms with E-state index in [4.69, 9.17) is 0 Å². The van der Waals surface area contributed by atoms with Crippen LogP contribution in [0.1, 0.15) is 69.2 Å². The van der Waals surface area contributed by atoms with E-state index >= 15 is 0 Å². The number of halogens is 1. The van der Waals surface area contributed by atoms with Crippen molar-refractivity contribution in [3.63, 3.8) is 0 Å². The number of hydrogen-bond acceptors (Lipinski definition) is 0. The van der Waals surface area contributed by atoms with Crippen LogP contribution in [-0.4, -0.2) is 6.38 Å². The van der Waals surface area contributed by atoms with Crippen LogP contribution in [0.15, 0.2) is 41.2 Å². The van der Waals surface area contributed by atoms with Crippen LogP contribution >= 0.6 is 11.6 Å². The summed E-state index contributed by atoms with van der Waals surface area (Å²) in [6, 6.07) is 0. The van der Waals surface area contributed by atoms with Gasteiger partial charge in [-0.2, -0.15) is 0 Å². The second kappa shape index (κ2) is 7.07. The SMILES string of the molecule is CC1=C(C)C(C)(C)[C]([Ti][C]2=C(C)C(C)=C(C)C2(C)C)=C1C.CCl. The third-order valence-corrected chi connectivity index (χ3v) is 10.3. The van der Waals surface area contributed by atoms with Crippen LogP contribution in [0.3, 0.4) is 0 Å². The molecule has 23 heavy (non-hydrogen) atoms. The molecule has 0 heterocycles. The minimum absolute atomic E-state index is 0.239. The molecule has 0 aliphatic heterocycles. The predicted octanol–water partition coefficient (Wildman–Crippen LogP) is 7.22. The Balaban J connectivity index is 0.00000127. The van der Waals surface area contributed by atoms with Crippen LogP contribution in [-0.2, 0) is 19.2 Å². The summed E-state index contributed by atoms with van der Waals surface area (Å²) in [6.07, 6.45) is 1.47. The Morgan fingerprint density at radius 2 is 0.826 bits per heavy atom. The van der Waals surface area contributed by atoms with Gasteiger partial charge < -0.3 is 0 Å². The molecule has 2 heteroatoms. The molecule has 0 N–H and O–H groups in total. The second-order valence-corrected chi connectivity index (χ2v) is 9.83. The molecule has 0 aromatic heterocycles. The average Bonchev–Trinajstić information content (AvgIpc) is 2.74. The van der Waals surface area contributed by atoms with Gasteiger partial charge in [0.1, 0.15) is 0 Å². The van der Waals surface area contributed by atoms with Crippen LogP contribution < -0.4 is 0 Å². The van der Waals surface area contributed by atoms with Gasteiger partial charge in [-0.05, 0) is 0 Å². The quantitative estimate of drug-likeness (QED) is 0.356. The van der Waals surface area contributed by atoms with Crippen LogP contribution in [0.4, 0.5) is 0 Å². The molecule has 0 amide bonds. The molecule has 0 unspecified atom stereocenters. The molecule has 2 rings (SSSR count).